The molecule has 1 N–H and O–H groups in total. The summed E-state index contributed by atoms with van der Waals surface area (Å²) in [6.45, 7) is 4.36. The zero-order valence-electron chi connectivity index (χ0n) is 13.0. The van der Waals surface area contributed by atoms with E-state index in [1.807, 2.05) is 6.92 Å². The second kappa shape index (κ2) is 10.6. The molecule has 0 unspecified atom stereocenters. The summed E-state index contributed by atoms with van der Waals surface area (Å²) >= 11 is 0. The van der Waals surface area contributed by atoms with Crippen LogP contribution in [0.15, 0.2) is 6.20 Å². The van der Waals surface area contributed by atoms with Crippen molar-refractivity contribution in [2.24, 2.45) is 0 Å². The van der Waals surface area contributed by atoms with Crippen LogP contribution in [-0.2, 0) is 9.53 Å². The van der Waals surface area contributed by atoms with E-state index in [9.17, 15) is 4.79 Å². The average molecular weight is 306 g/mol. The molecule has 120 valence electrons. The van der Waals surface area contributed by atoms with Crippen LogP contribution >= 0.6 is 0 Å². The Hall–Kier alpha value is -2.13. The minimum atomic E-state index is -0.166. The first-order valence-corrected chi connectivity index (χ1v) is 7.36. The van der Waals surface area contributed by atoms with Crippen LogP contribution in [0.2, 0.25) is 0 Å². The molecule has 1 aromatic heterocycles. The summed E-state index contributed by atoms with van der Waals surface area (Å²) in [6, 6.07) is 0. The van der Waals surface area contributed by atoms with Crippen molar-refractivity contribution in [1.82, 2.24) is 9.97 Å². The van der Waals surface area contributed by atoms with Crippen LogP contribution in [0.1, 0.15) is 44.0 Å². The monoisotopic (exact) mass is 306 g/mol. The van der Waals surface area contributed by atoms with Crippen LogP contribution < -0.4 is 4.74 Å². The second-order valence-corrected chi connectivity index (χ2v) is 4.68. The normalized spacial score (nSPS) is 13.4. The van der Waals surface area contributed by atoms with Gasteiger partial charge in [-0.15, -0.1) is 0 Å². The predicted molar refractivity (Wildman–Crippen MR) is 81.3 cm³/mol. The lowest BCUT2D eigenvalue weighted by Gasteiger charge is -2.13. The number of hydrogen-bond donors (Lipinski definition) is 1. The number of nitrogens with zero attached hydrogens (tertiary/aromatic N) is 2. The van der Waals surface area contributed by atoms with E-state index in [0.29, 0.717) is 24.7 Å². The Bertz CT molecular complexity index is 517. The van der Waals surface area contributed by atoms with Crippen LogP contribution in [0.25, 0.3) is 0 Å². The van der Waals surface area contributed by atoms with E-state index < -0.39 is 0 Å². The molecule has 0 spiro atoms. The summed E-state index contributed by atoms with van der Waals surface area (Å²) in [4.78, 5) is 17.7. The summed E-state index contributed by atoms with van der Waals surface area (Å²) in [6.07, 6.45) is 6.55. The average Bonchev–Trinajstić information content (AvgIpc) is 3.02. The third-order valence-corrected chi connectivity index (χ3v) is 3.01. The molecule has 6 heteroatoms. The molecule has 0 bridgehead atoms. The molecule has 1 saturated carbocycles. The number of ether oxygens (including phenoxy) is 2. The topological polar surface area (TPSA) is 81.5 Å². The van der Waals surface area contributed by atoms with E-state index in [1.54, 1.807) is 13.1 Å². The maximum absolute atomic E-state index is 9.18. The highest BCUT2D eigenvalue weighted by molar-refractivity contribution is 5.36. The Kier molecular flexibility index (Phi) is 8.61. The van der Waals surface area contributed by atoms with E-state index in [-0.39, 0.29) is 12.7 Å². The van der Waals surface area contributed by atoms with Crippen LogP contribution in [0.5, 0.6) is 5.88 Å². The number of rotatable bonds is 4. The van der Waals surface area contributed by atoms with E-state index in [0.717, 1.165) is 18.5 Å². The van der Waals surface area contributed by atoms with Crippen LogP contribution in [0, 0.1) is 18.8 Å². The first-order valence-electron chi connectivity index (χ1n) is 7.36. The molecule has 0 aromatic carbocycles. The third-order valence-electron chi connectivity index (χ3n) is 3.01. The maximum atomic E-state index is 9.18. The van der Waals surface area contributed by atoms with Gasteiger partial charge >= 0.3 is 0 Å². The first-order chi connectivity index (χ1) is 10.7. The maximum Gasteiger partial charge on any atom is 0.293 e. The molecule has 0 atom stereocenters. The summed E-state index contributed by atoms with van der Waals surface area (Å²) in [5.74, 6) is 5.88. The van der Waals surface area contributed by atoms with Crippen molar-refractivity contribution >= 4 is 6.47 Å². The van der Waals surface area contributed by atoms with Gasteiger partial charge < -0.3 is 14.6 Å². The SMILES string of the molecule is CCOC=O.Cc1nc(C#CCO)cnc1OC1CCCC1. The Morgan fingerprint density at radius 1 is 1.45 bits per heavy atom. The molecule has 1 heterocycles. The highest BCUT2D eigenvalue weighted by Gasteiger charge is 2.18. The number of hydrogen-bond acceptors (Lipinski definition) is 6. The van der Waals surface area contributed by atoms with Gasteiger partial charge in [-0.25, -0.2) is 9.97 Å². The lowest BCUT2D eigenvalue weighted by atomic mass is 10.3. The summed E-state index contributed by atoms with van der Waals surface area (Å²) in [5.41, 5.74) is 1.32. The van der Waals surface area contributed by atoms with Crippen molar-refractivity contribution in [2.75, 3.05) is 13.2 Å². The van der Waals surface area contributed by atoms with Gasteiger partial charge in [0.15, 0.2) is 0 Å². The molecule has 1 aliphatic carbocycles. The number of carbonyl (C=O) groups is 1. The minimum Gasteiger partial charge on any atom is -0.473 e. The molecule has 0 amide bonds. The van der Waals surface area contributed by atoms with Gasteiger partial charge in [-0.1, -0.05) is 5.92 Å². The quantitative estimate of drug-likeness (QED) is 0.672. The lowest BCUT2D eigenvalue weighted by molar-refractivity contribution is -0.128. The zero-order chi connectivity index (χ0) is 16.2. The van der Waals surface area contributed by atoms with E-state index in [2.05, 4.69) is 26.5 Å². The van der Waals surface area contributed by atoms with Gasteiger partial charge in [0.25, 0.3) is 6.47 Å². The second-order valence-electron chi connectivity index (χ2n) is 4.68. The fourth-order valence-corrected chi connectivity index (χ4v) is 2.01. The fourth-order valence-electron chi connectivity index (χ4n) is 2.01. The van der Waals surface area contributed by atoms with Gasteiger partial charge in [0.05, 0.1) is 12.8 Å². The van der Waals surface area contributed by atoms with E-state index in [1.165, 1.54) is 12.8 Å². The van der Waals surface area contributed by atoms with Gasteiger partial charge in [-0.3, -0.25) is 4.79 Å². The Morgan fingerprint density at radius 3 is 2.68 bits per heavy atom. The zero-order valence-corrected chi connectivity index (χ0v) is 13.0. The van der Waals surface area contributed by atoms with Gasteiger partial charge in [0.2, 0.25) is 5.88 Å². The van der Waals surface area contributed by atoms with Crippen molar-refractivity contribution in [3.05, 3.63) is 17.6 Å². The summed E-state index contributed by atoms with van der Waals surface area (Å²) < 4.78 is 9.95. The minimum absolute atomic E-state index is 0.166. The van der Waals surface area contributed by atoms with Crippen molar-refractivity contribution in [3.8, 4) is 17.7 Å². The molecule has 0 saturated heterocycles. The van der Waals surface area contributed by atoms with Crippen LogP contribution in [0.4, 0.5) is 0 Å². The molecule has 0 radical (unpaired) electrons. The highest BCUT2D eigenvalue weighted by Crippen LogP contribution is 2.24. The molecular formula is C16H22N2O4. The van der Waals surface area contributed by atoms with Gasteiger partial charge in [-0.2, -0.15) is 0 Å². The van der Waals surface area contributed by atoms with Crippen molar-refractivity contribution in [2.45, 2.75) is 45.6 Å². The molecule has 2 rings (SSSR count). The predicted octanol–water partition coefficient (Wildman–Crippen LogP) is 1.63. The largest absolute Gasteiger partial charge is 0.473 e. The Labute approximate surface area is 130 Å². The third kappa shape index (κ3) is 6.55. The Balaban J connectivity index is 0.000000422. The van der Waals surface area contributed by atoms with E-state index >= 15 is 0 Å². The molecule has 22 heavy (non-hydrogen) atoms. The standard InChI is InChI=1S/C13H16N2O2.C3H6O2/c1-10-13(17-12-6-2-3-7-12)14-9-11(15-10)5-4-8-16;1-2-5-3-4/h9,12,16H,2-3,6-8H2,1H3;3H,2H2,1H3. The number of carbonyl (C=O) groups excluding carboxylic acids is 1. The number of aromatic nitrogens is 2. The van der Waals surface area contributed by atoms with Crippen molar-refractivity contribution in [1.29, 1.82) is 0 Å². The smallest absolute Gasteiger partial charge is 0.293 e. The highest BCUT2D eigenvalue weighted by atomic mass is 16.5. The summed E-state index contributed by atoms with van der Waals surface area (Å²) in [7, 11) is 0. The van der Waals surface area contributed by atoms with Crippen molar-refractivity contribution in [3.63, 3.8) is 0 Å². The number of aryl methyl sites for hydroxylation is 1. The van der Waals surface area contributed by atoms with Gasteiger partial charge in [0.1, 0.15) is 24.1 Å². The molecule has 1 aromatic rings. The van der Waals surface area contributed by atoms with Gasteiger partial charge in [-0.05, 0) is 45.5 Å². The molecule has 0 aliphatic heterocycles. The van der Waals surface area contributed by atoms with Crippen molar-refractivity contribution < 1.29 is 19.4 Å². The number of aliphatic hydroxyl groups is 1. The molecule has 1 aliphatic rings. The molecular weight excluding hydrogens is 284 g/mol. The van der Waals surface area contributed by atoms with Gasteiger partial charge in [0, 0.05) is 0 Å². The molecule has 1 fully saturated rings. The van der Waals surface area contributed by atoms with Crippen LogP contribution in [-0.4, -0.2) is 40.9 Å². The number of aliphatic hydroxyl groups excluding tert-OH is 1. The van der Waals surface area contributed by atoms with Crippen LogP contribution in [0.3, 0.4) is 0 Å². The van der Waals surface area contributed by atoms with E-state index in [4.69, 9.17) is 9.84 Å². The summed E-state index contributed by atoms with van der Waals surface area (Å²) in [5, 5.41) is 8.59. The molecule has 6 nitrogen and oxygen atoms in total. The Morgan fingerprint density at radius 2 is 2.18 bits per heavy atom. The fraction of sp³-hybridized carbons (Fsp3) is 0.562. The first kappa shape index (κ1) is 17.9. The lowest BCUT2D eigenvalue weighted by Crippen LogP contribution is -2.13.